The van der Waals surface area contributed by atoms with Gasteiger partial charge >= 0.3 is 5.97 Å². The first-order chi connectivity index (χ1) is 16.5. The number of carboxylic acids is 1. The topological polar surface area (TPSA) is 214 Å². The van der Waals surface area contributed by atoms with Crippen molar-refractivity contribution in [1.82, 2.24) is 16.0 Å². The Morgan fingerprint density at radius 1 is 0.943 bits per heavy atom. The number of carboxylic acid groups (broad SMARTS) is 1. The number of nitrogens with two attached hydrogens (primary N) is 2. The molecule has 0 spiro atoms. The number of carbonyl (C=O) groups excluding carboxylic acids is 4. The van der Waals surface area contributed by atoms with Crippen molar-refractivity contribution in [2.24, 2.45) is 17.4 Å². The fraction of sp³-hybridized carbons (Fsp3) is 0.522. The highest BCUT2D eigenvalue weighted by Crippen LogP contribution is 2.11. The summed E-state index contributed by atoms with van der Waals surface area (Å²) in [7, 11) is 0. The quantitative estimate of drug-likeness (QED) is 0.151. The minimum absolute atomic E-state index is 0.0411. The molecule has 0 fully saturated rings. The lowest BCUT2D eigenvalue weighted by Crippen LogP contribution is -2.59. The first-order valence-electron chi connectivity index (χ1n) is 11.3. The van der Waals surface area contributed by atoms with Crippen molar-refractivity contribution in [3.05, 3.63) is 35.9 Å². The Hall–Kier alpha value is -3.51. The zero-order valence-electron chi connectivity index (χ0n) is 19.9. The molecule has 5 atom stereocenters. The third-order valence-corrected chi connectivity index (χ3v) is 5.54. The number of hydrogen-bond acceptors (Lipinski definition) is 7. The highest BCUT2D eigenvalue weighted by Gasteiger charge is 2.32. The van der Waals surface area contributed by atoms with Crippen molar-refractivity contribution in [3.8, 4) is 0 Å². The number of amides is 4. The minimum Gasteiger partial charge on any atom is -0.480 e. The van der Waals surface area contributed by atoms with Gasteiger partial charge in [-0.25, -0.2) is 4.79 Å². The first-order valence-corrected chi connectivity index (χ1v) is 11.3. The van der Waals surface area contributed by atoms with Gasteiger partial charge in [0.2, 0.25) is 23.6 Å². The van der Waals surface area contributed by atoms with E-state index in [1.807, 2.05) is 0 Å². The van der Waals surface area contributed by atoms with Crippen molar-refractivity contribution < 1.29 is 34.2 Å². The summed E-state index contributed by atoms with van der Waals surface area (Å²) in [5, 5.41) is 26.0. The van der Waals surface area contributed by atoms with Crippen LogP contribution < -0.4 is 27.4 Å². The number of primary amides is 1. The molecule has 0 aliphatic rings. The van der Waals surface area contributed by atoms with Crippen LogP contribution in [0.3, 0.4) is 0 Å². The second-order valence-corrected chi connectivity index (χ2v) is 8.32. The molecule has 0 saturated heterocycles. The van der Waals surface area contributed by atoms with E-state index >= 15 is 0 Å². The highest BCUT2D eigenvalue weighted by molar-refractivity contribution is 5.94. The fourth-order valence-electron chi connectivity index (χ4n) is 3.18. The molecular formula is C23H35N5O7. The molecule has 5 unspecified atom stereocenters. The molecule has 12 heteroatoms. The Morgan fingerprint density at radius 2 is 1.54 bits per heavy atom. The Labute approximate surface area is 203 Å². The molecule has 9 N–H and O–H groups in total. The van der Waals surface area contributed by atoms with E-state index in [1.54, 1.807) is 44.2 Å². The molecule has 4 amide bonds. The zero-order chi connectivity index (χ0) is 26.5. The first kappa shape index (κ1) is 29.5. The van der Waals surface area contributed by atoms with Gasteiger partial charge in [0.15, 0.2) is 0 Å². The SMILES string of the molecule is CCC(C)C(NC(=O)C(CCC(N)=O)NC(=O)C(N)CO)C(=O)NC(Cc1ccccc1)C(=O)O. The van der Waals surface area contributed by atoms with Crippen LogP contribution in [-0.2, 0) is 30.4 Å². The van der Waals surface area contributed by atoms with Crippen molar-refractivity contribution in [2.75, 3.05) is 6.61 Å². The van der Waals surface area contributed by atoms with Crippen molar-refractivity contribution in [1.29, 1.82) is 0 Å². The predicted molar refractivity (Wildman–Crippen MR) is 127 cm³/mol. The summed E-state index contributed by atoms with van der Waals surface area (Å²) >= 11 is 0. The van der Waals surface area contributed by atoms with Gasteiger partial charge in [-0.1, -0.05) is 50.6 Å². The van der Waals surface area contributed by atoms with E-state index in [-0.39, 0.29) is 19.3 Å². The maximum Gasteiger partial charge on any atom is 0.326 e. The predicted octanol–water partition coefficient (Wildman–Crippen LogP) is -1.60. The van der Waals surface area contributed by atoms with Gasteiger partial charge in [0, 0.05) is 12.8 Å². The molecule has 1 aromatic rings. The molecule has 0 saturated carbocycles. The molecule has 0 bridgehead atoms. The van der Waals surface area contributed by atoms with Crippen LogP contribution in [-0.4, -0.2) is 70.6 Å². The van der Waals surface area contributed by atoms with Crippen molar-refractivity contribution in [3.63, 3.8) is 0 Å². The summed E-state index contributed by atoms with van der Waals surface area (Å²) in [5.41, 5.74) is 11.3. The van der Waals surface area contributed by atoms with Gasteiger partial charge < -0.3 is 37.6 Å². The zero-order valence-corrected chi connectivity index (χ0v) is 19.9. The Kier molecular flexibility index (Phi) is 12.4. The van der Waals surface area contributed by atoms with E-state index in [1.165, 1.54) is 0 Å². The summed E-state index contributed by atoms with van der Waals surface area (Å²) in [6.45, 7) is 2.84. The summed E-state index contributed by atoms with van der Waals surface area (Å²) in [4.78, 5) is 61.1. The van der Waals surface area contributed by atoms with Crippen LogP contribution in [0, 0.1) is 5.92 Å². The van der Waals surface area contributed by atoms with Gasteiger partial charge in [0.1, 0.15) is 24.2 Å². The van der Waals surface area contributed by atoms with Crippen LogP contribution in [0.25, 0.3) is 0 Å². The van der Waals surface area contributed by atoms with E-state index in [0.29, 0.717) is 12.0 Å². The summed E-state index contributed by atoms with van der Waals surface area (Å²) in [6, 6.07) is 3.85. The molecule has 12 nitrogen and oxygen atoms in total. The van der Waals surface area contributed by atoms with Crippen LogP contribution in [0.15, 0.2) is 30.3 Å². The molecule has 1 aromatic carbocycles. The van der Waals surface area contributed by atoms with Crippen molar-refractivity contribution >= 4 is 29.6 Å². The summed E-state index contributed by atoms with van der Waals surface area (Å²) < 4.78 is 0. The van der Waals surface area contributed by atoms with Gasteiger partial charge in [-0.05, 0) is 17.9 Å². The lowest BCUT2D eigenvalue weighted by molar-refractivity contribution is -0.142. The summed E-state index contributed by atoms with van der Waals surface area (Å²) in [6.07, 6.45) is 0.124. The lowest BCUT2D eigenvalue weighted by Gasteiger charge is -2.28. The molecule has 1 rings (SSSR count). The van der Waals surface area contributed by atoms with E-state index in [0.717, 1.165) is 0 Å². The van der Waals surface area contributed by atoms with E-state index in [4.69, 9.17) is 16.6 Å². The number of benzene rings is 1. The van der Waals surface area contributed by atoms with Gasteiger partial charge in [-0.2, -0.15) is 0 Å². The molecule has 0 heterocycles. The molecular weight excluding hydrogens is 458 g/mol. The maximum absolute atomic E-state index is 13.0. The number of hydrogen-bond donors (Lipinski definition) is 7. The van der Waals surface area contributed by atoms with Crippen LogP contribution in [0.5, 0.6) is 0 Å². The molecule has 35 heavy (non-hydrogen) atoms. The van der Waals surface area contributed by atoms with Gasteiger partial charge in [-0.15, -0.1) is 0 Å². The van der Waals surface area contributed by atoms with Crippen LogP contribution in [0.1, 0.15) is 38.7 Å². The van der Waals surface area contributed by atoms with E-state index in [2.05, 4.69) is 16.0 Å². The van der Waals surface area contributed by atoms with Crippen LogP contribution >= 0.6 is 0 Å². The smallest absolute Gasteiger partial charge is 0.326 e. The number of aliphatic carboxylic acids is 1. The fourth-order valence-corrected chi connectivity index (χ4v) is 3.18. The number of carbonyl (C=O) groups is 5. The van der Waals surface area contributed by atoms with Gasteiger partial charge in [0.05, 0.1) is 6.61 Å². The lowest BCUT2D eigenvalue weighted by atomic mass is 9.96. The van der Waals surface area contributed by atoms with Gasteiger partial charge in [-0.3, -0.25) is 19.2 Å². The average molecular weight is 494 g/mol. The third kappa shape index (κ3) is 10.1. The largest absolute Gasteiger partial charge is 0.480 e. The number of aliphatic hydroxyl groups is 1. The second-order valence-electron chi connectivity index (χ2n) is 8.32. The average Bonchev–Trinajstić information content (AvgIpc) is 2.83. The summed E-state index contributed by atoms with van der Waals surface area (Å²) in [5.74, 6) is -4.64. The molecule has 0 aromatic heterocycles. The number of nitrogens with one attached hydrogen (secondary N) is 3. The highest BCUT2D eigenvalue weighted by atomic mass is 16.4. The van der Waals surface area contributed by atoms with E-state index in [9.17, 15) is 29.1 Å². The molecule has 0 radical (unpaired) electrons. The Bertz CT molecular complexity index is 880. The maximum atomic E-state index is 13.0. The molecule has 0 aliphatic carbocycles. The Morgan fingerprint density at radius 3 is 2.06 bits per heavy atom. The van der Waals surface area contributed by atoms with Crippen molar-refractivity contribution in [2.45, 2.75) is 63.7 Å². The second kappa shape index (κ2) is 14.7. The number of aliphatic hydroxyl groups excluding tert-OH is 1. The Balaban J connectivity index is 3.03. The van der Waals surface area contributed by atoms with Gasteiger partial charge in [0.25, 0.3) is 0 Å². The van der Waals surface area contributed by atoms with Crippen LogP contribution in [0.2, 0.25) is 0 Å². The molecule has 194 valence electrons. The third-order valence-electron chi connectivity index (χ3n) is 5.54. The van der Waals surface area contributed by atoms with E-state index < -0.39 is 66.3 Å². The molecule has 0 aliphatic heterocycles. The van der Waals surface area contributed by atoms with Crippen LogP contribution in [0.4, 0.5) is 0 Å². The standard InChI is InChI=1S/C23H35N5O7/c1-3-13(2)19(22(33)27-17(23(34)35)11-14-7-5-4-6-8-14)28-21(32)16(9-10-18(25)30)26-20(31)15(24)12-29/h4-8,13,15-17,19,29H,3,9-12,24H2,1-2H3,(H2,25,30)(H,26,31)(H,27,33)(H,28,32)(H,34,35). The normalized spacial score (nSPS) is 15.1. The monoisotopic (exact) mass is 493 g/mol. The minimum atomic E-state index is -1.29. The number of rotatable bonds is 15.